The van der Waals surface area contributed by atoms with Gasteiger partial charge in [-0.25, -0.2) is 4.98 Å². The molecule has 2 N–H and O–H groups in total. The molecule has 3 heteroatoms. The number of nitrogens with two attached hydrogens (primary N) is 1. The molecule has 0 radical (unpaired) electrons. The van der Waals surface area contributed by atoms with Gasteiger partial charge >= 0.3 is 0 Å². The van der Waals surface area contributed by atoms with E-state index < -0.39 is 0 Å². The predicted molar refractivity (Wildman–Crippen MR) is 46.4 cm³/mol. The second kappa shape index (κ2) is 2.95. The number of aryl methyl sites for hydroxylation is 2. The minimum atomic E-state index is 0.810. The van der Waals surface area contributed by atoms with Crippen LogP contribution in [0.4, 0.5) is 5.82 Å². The molecular formula is C8H15N3. The molecule has 0 bridgehead atoms. The number of imidazole rings is 1. The van der Waals surface area contributed by atoms with E-state index in [1.165, 1.54) is 0 Å². The maximum atomic E-state index is 5.79. The lowest BCUT2D eigenvalue weighted by Crippen LogP contribution is -2.04. The Morgan fingerprint density at radius 1 is 1.45 bits per heavy atom. The zero-order valence-electron chi connectivity index (χ0n) is 7.39. The third-order valence-electron chi connectivity index (χ3n) is 1.90. The van der Waals surface area contributed by atoms with Crippen LogP contribution in [-0.4, -0.2) is 9.55 Å². The van der Waals surface area contributed by atoms with Gasteiger partial charge < -0.3 is 10.3 Å². The van der Waals surface area contributed by atoms with Crippen molar-refractivity contribution in [1.29, 1.82) is 0 Å². The van der Waals surface area contributed by atoms with Gasteiger partial charge in [-0.05, 0) is 13.8 Å². The Morgan fingerprint density at radius 2 is 2.09 bits per heavy atom. The molecule has 0 amide bonds. The Labute approximate surface area is 67.2 Å². The van der Waals surface area contributed by atoms with Crippen molar-refractivity contribution in [3.63, 3.8) is 0 Å². The van der Waals surface area contributed by atoms with Crippen LogP contribution in [0.1, 0.15) is 25.4 Å². The minimum Gasteiger partial charge on any atom is -0.384 e. The largest absolute Gasteiger partial charge is 0.384 e. The highest BCUT2D eigenvalue weighted by molar-refractivity contribution is 5.37. The summed E-state index contributed by atoms with van der Waals surface area (Å²) in [7, 11) is 0. The van der Waals surface area contributed by atoms with Gasteiger partial charge in [0, 0.05) is 13.0 Å². The fourth-order valence-corrected chi connectivity index (χ4v) is 1.27. The first kappa shape index (κ1) is 8.11. The quantitative estimate of drug-likeness (QED) is 0.697. The van der Waals surface area contributed by atoms with Gasteiger partial charge in [0.1, 0.15) is 11.6 Å². The topological polar surface area (TPSA) is 43.8 Å². The number of nitrogen functional groups attached to an aromatic ring is 1. The van der Waals surface area contributed by atoms with E-state index in [4.69, 9.17) is 5.73 Å². The SMILES string of the molecule is CCc1nc(C)c(N)n1CC. The summed E-state index contributed by atoms with van der Waals surface area (Å²) in [4.78, 5) is 4.34. The molecule has 0 saturated carbocycles. The predicted octanol–water partition coefficient (Wildman–Crippen LogP) is 1.36. The van der Waals surface area contributed by atoms with E-state index in [0.29, 0.717) is 0 Å². The Balaban J connectivity index is 3.15. The highest BCUT2D eigenvalue weighted by Gasteiger charge is 2.07. The van der Waals surface area contributed by atoms with Crippen molar-refractivity contribution in [1.82, 2.24) is 9.55 Å². The van der Waals surface area contributed by atoms with Gasteiger partial charge in [-0.2, -0.15) is 0 Å². The second-order valence-electron chi connectivity index (χ2n) is 2.60. The van der Waals surface area contributed by atoms with Gasteiger partial charge in [0.05, 0.1) is 5.69 Å². The molecule has 0 atom stereocenters. The molecule has 0 saturated heterocycles. The van der Waals surface area contributed by atoms with Crippen molar-refractivity contribution in [3.8, 4) is 0 Å². The smallest absolute Gasteiger partial charge is 0.126 e. The summed E-state index contributed by atoms with van der Waals surface area (Å²) in [6, 6.07) is 0. The van der Waals surface area contributed by atoms with Gasteiger partial charge in [0.15, 0.2) is 0 Å². The molecule has 1 aromatic heterocycles. The van der Waals surface area contributed by atoms with Crippen LogP contribution in [0.15, 0.2) is 0 Å². The number of rotatable bonds is 2. The van der Waals surface area contributed by atoms with Crippen molar-refractivity contribution in [3.05, 3.63) is 11.5 Å². The Bertz CT molecular complexity index is 250. The van der Waals surface area contributed by atoms with Crippen LogP contribution < -0.4 is 5.73 Å². The molecule has 3 nitrogen and oxygen atoms in total. The van der Waals surface area contributed by atoms with Crippen molar-refractivity contribution < 1.29 is 0 Å². The van der Waals surface area contributed by atoms with Crippen LogP contribution in [0.3, 0.4) is 0 Å². The summed E-state index contributed by atoms with van der Waals surface area (Å²) in [5.74, 6) is 1.90. The molecule has 11 heavy (non-hydrogen) atoms. The number of hydrogen-bond acceptors (Lipinski definition) is 2. The van der Waals surface area contributed by atoms with E-state index in [0.717, 1.165) is 30.3 Å². The highest BCUT2D eigenvalue weighted by atomic mass is 15.1. The molecule has 0 fully saturated rings. The summed E-state index contributed by atoms with van der Waals surface area (Å²) in [5, 5.41) is 0. The first-order chi connectivity index (χ1) is 5.20. The van der Waals surface area contributed by atoms with E-state index in [2.05, 4.69) is 23.4 Å². The molecule has 1 heterocycles. The molecule has 0 aliphatic rings. The van der Waals surface area contributed by atoms with Crippen LogP contribution in [-0.2, 0) is 13.0 Å². The molecule has 1 aromatic rings. The number of nitrogens with zero attached hydrogens (tertiary/aromatic N) is 2. The third-order valence-corrected chi connectivity index (χ3v) is 1.90. The van der Waals surface area contributed by atoms with Crippen LogP contribution in [0.5, 0.6) is 0 Å². The monoisotopic (exact) mass is 153 g/mol. The van der Waals surface area contributed by atoms with Crippen molar-refractivity contribution in [2.75, 3.05) is 5.73 Å². The van der Waals surface area contributed by atoms with Gasteiger partial charge in [-0.1, -0.05) is 6.92 Å². The fraction of sp³-hybridized carbons (Fsp3) is 0.625. The van der Waals surface area contributed by atoms with Gasteiger partial charge in [0.2, 0.25) is 0 Å². The summed E-state index contributed by atoms with van der Waals surface area (Å²) >= 11 is 0. The summed E-state index contributed by atoms with van der Waals surface area (Å²) in [6.07, 6.45) is 0.950. The van der Waals surface area contributed by atoms with Crippen molar-refractivity contribution >= 4 is 5.82 Å². The van der Waals surface area contributed by atoms with E-state index >= 15 is 0 Å². The second-order valence-corrected chi connectivity index (χ2v) is 2.60. The lowest BCUT2D eigenvalue weighted by Gasteiger charge is -2.03. The maximum absolute atomic E-state index is 5.79. The zero-order chi connectivity index (χ0) is 8.43. The average molecular weight is 153 g/mol. The lowest BCUT2D eigenvalue weighted by molar-refractivity contribution is 0.713. The molecule has 62 valence electrons. The lowest BCUT2D eigenvalue weighted by atomic mass is 10.4. The summed E-state index contributed by atoms with van der Waals surface area (Å²) < 4.78 is 2.05. The maximum Gasteiger partial charge on any atom is 0.126 e. The number of anilines is 1. The van der Waals surface area contributed by atoms with Crippen LogP contribution in [0.2, 0.25) is 0 Å². The Hall–Kier alpha value is -0.990. The average Bonchev–Trinajstić information content (AvgIpc) is 2.28. The van der Waals surface area contributed by atoms with E-state index in [1.807, 2.05) is 6.92 Å². The van der Waals surface area contributed by atoms with E-state index in [-0.39, 0.29) is 0 Å². The van der Waals surface area contributed by atoms with Crippen molar-refractivity contribution in [2.24, 2.45) is 0 Å². The molecule has 0 aliphatic heterocycles. The van der Waals surface area contributed by atoms with Gasteiger partial charge in [-0.3, -0.25) is 0 Å². The Morgan fingerprint density at radius 3 is 2.45 bits per heavy atom. The third kappa shape index (κ3) is 1.23. The van der Waals surface area contributed by atoms with E-state index in [9.17, 15) is 0 Å². The molecule has 0 aromatic carbocycles. The first-order valence-corrected chi connectivity index (χ1v) is 4.02. The summed E-state index contributed by atoms with van der Waals surface area (Å²) in [5.41, 5.74) is 6.74. The highest BCUT2D eigenvalue weighted by Crippen LogP contribution is 2.13. The first-order valence-electron chi connectivity index (χ1n) is 4.02. The summed E-state index contributed by atoms with van der Waals surface area (Å²) in [6.45, 7) is 7.03. The van der Waals surface area contributed by atoms with Crippen molar-refractivity contribution in [2.45, 2.75) is 33.7 Å². The molecule has 0 spiro atoms. The minimum absolute atomic E-state index is 0.810. The van der Waals surface area contributed by atoms with Crippen LogP contribution in [0.25, 0.3) is 0 Å². The molecule has 0 unspecified atom stereocenters. The molecular weight excluding hydrogens is 138 g/mol. The van der Waals surface area contributed by atoms with Gasteiger partial charge in [0.25, 0.3) is 0 Å². The molecule has 0 aliphatic carbocycles. The fourth-order valence-electron chi connectivity index (χ4n) is 1.27. The van der Waals surface area contributed by atoms with E-state index in [1.54, 1.807) is 0 Å². The van der Waals surface area contributed by atoms with Gasteiger partial charge in [-0.15, -0.1) is 0 Å². The van der Waals surface area contributed by atoms with Crippen LogP contribution in [0, 0.1) is 6.92 Å². The number of hydrogen-bond donors (Lipinski definition) is 1. The molecule has 1 rings (SSSR count). The normalized spacial score (nSPS) is 10.5. The zero-order valence-corrected chi connectivity index (χ0v) is 7.39. The standard InChI is InChI=1S/C8H15N3/c1-4-7-10-6(3)8(9)11(7)5-2/h4-5,9H2,1-3H3. The Kier molecular flexibility index (Phi) is 2.17. The number of aromatic nitrogens is 2. The van der Waals surface area contributed by atoms with Crippen LogP contribution >= 0.6 is 0 Å².